The van der Waals surface area contributed by atoms with Crippen molar-refractivity contribution in [3.05, 3.63) is 22.4 Å². The fourth-order valence-corrected chi connectivity index (χ4v) is 3.23. The third-order valence-electron chi connectivity index (χ3n) is 3.02. The Bertz CT molecular complexity index is 258. The Morgan fingerprint density at radius 1 is 1.57 bits per heavy atom. The van der Waals surface area contributed by atoms with Gasteiger partial charge in [0.2, 0.25) is 0 Å². The van der Waals surface area contributed by atoms with E-state index in [-0.39, 0.29) is 0 Å². The van der Waals surface area contributed by atoms with Crippen molar-refractivity contribution in [1.29, 1.82) is 0 Å². The highest BCUT2D eigenvalue weighted by Gasteiger charge is 2.26. The number of rotatable bonds is 3. The minimum atomic E-state index is 0.314. The molecule has 3 heteroatoms. The number of hydrogen-bond acceptors (Lipinski definition) is 3. The Morgan fingerprint density at radius 3 is 3.21 bits per heavy atom. The molecule has 1 aromatic heterocycles. The number of piperidine rings is 1. The molecule has 14 heavy (non-hydrogen) atoms. The van der Waals surface area contributed by atoms with E-state index >= 15 is 0 Å². The second-order valence-corrected chi connectivity index (χ2v) is 4.87. The van der Waals surface area contributed by atoms with E-state index in [0.717, 1.165) is 19.5 Å². The summed E-state index contributed by atoms with van der Waals surface area (Å²) in [6, 6.07) is 4.35. The first-order valence-corrected chi connectivity index (χ1v) is 6.14. The van der Waals surface area contributed by atoms with Crippen LogP contribution >= 0.6 is 11.3 Å². The van der Waals surface area contributed by atoms with E-state index in [1.165, 1.54) is 11.3 Å². The van der Waals surface area contributed by atoms with E-state index in [2.05, 4.69) is 22.8 Å². The molecule has 2 rings (SSSR count). The molecule has 2 unspecified atom stereocenters. The van der Waals surface area contributed by atoms with Gasteiger partial charge in [-0.05, 0) is 49.2 Å². The van der Waals surface area contributed by atoms with Gasteiger partial charge in [-0.3, -0.25) is 0 Å². The van der Waals surface area contributed by atoms with Gasteiger partial charge in [-0.15, -0.1) is 11.3 Å². The van der Waals surface area contributed by atoms with Crippen LogP contribution in [0.1, 0.15) is 23.6 Å². The maximum absolute atomic E-state index is 9.01. The third kappa shape index (κ3) is 2.16. The predicted octanol–water partition coefficient (Wildman–Crippen LogP) is 1.82. The van der Waals surface area contributed by atoms with Crippen LogP contribution in [-0.2, 0) is 0 Å². The molecular weight excluding hydrogens is 194 g/mol. The Hall–Kier alpha value is -0.380. The molecule has 0 amide bonds. The molecule has 78 valence electrons. The minimum Gasteiger partial charge on any atom is -0.396 e. The van der Waals surface area contributed by atoms with E-state index in [4.69, 9.17) is 5.11 Å². The quantitative estimate of drug-likeness (QED) is 0.799. The third-order valence-corrected chi connectivity index (χ3v) is 4.02. The zero-order valence-electron chi connectivity index (χ0n) is 8.28. The highest BCUT2D eigenvalue weighted by molar-refractivity contribution is 7.10. The molecule has 0 bridgehead atoms. The number of aliphatic hydroxyl groups excluding tert-OH is 1. The molecule has 1 saturated heterocycles. The van der Waals surface area contributed by atoms with Crippen LogP contribution in [0.2, 0.25) is 0 Å². The summed E-state index contributed by atoms with van der Waals surface area (Å²) < 4.78 is 0. The van der Waals surface area contributed by atoms with Gasteiger partial charge >= 0.3 is 0 Å². The van der Waals surface area contributed by atoms with E-state index in [1.54, 1.807) is 0 Å². The van der Waals surface area contributed by atoms with Crippen molar-refractivity contribution in [1.82, 2.24) is 5.32 Å². The van der Waals surface area contributed by atoms with Gasteiger partial charge in [-0.25, -0.2) is 0 Å². The molecule has 2 atom stereocenters. The van der Waals surface area contributed by atoms with Crippen LogP contribution in [0.4, 0.5) is 0 Å². The molecule has 0 aliphatic carbocycles. The summed E-state index contributed by atoms with van der Waals surface area (Å²) in [5, 5.41) is 14.6. The molecule has 2 heterocycles. The standard InChI is InChI=1S/C11H17NOS/c13-6-4-9-8-12-5-3-10(9)11-2-1-7-14-11/h1-2,7,9-10,12-13H,3-6,8H2. The van der Waals surface area contributed by atoms with Gasteiger partial charge in [0.15, 0.2) is 0 Å². The lowest BCUT2D eigenvalue weighted by atomic mass is 9.83. The number of nitrogens with one attached hydrogen (secondary N) is 1. The van der Waals surface area contributed by atoms with Gasteiger partial charge in [-0.1, -0.05) is 6.07 Å². The topological polar surface area (TPSA) is 32.3 Å². The maximum Gasteiger partial charge on any atom is 0.0434 e. The average molecular weight is 211 g/mol. The number of hydrogen-bond donors (Lipinski definition) is 2. The van der Waals surface area contributed by atoms with Crippen LogP contribution in [0.25, 0.3) is 0 Å². The van der Waals surface area contributed by atoms with Crippen molar-refractivity contribution in [3.8, 4) is 0 Å². The molecule has 0 aromatic carbocycles. The highest BCUT2D eigenvalue weighted by atomic mass is 32.1. The lowest BCUT2D eigenvalue weighted by molar-refractivity contribution is 0.221. The van der Waals surface area contributed by atoms with Crippen molar-refractivity contribution >= 4 is 11.3 Å². The Morgan fingerprint density at radius 2 is 2.50 bits per heavy atom. The van der Waals surface area contributed by atoms with Gasteiger partial charge < -0.3 is 10.4 Å². The number of aliphatic hydroxyl groups is 1. The van der Waals surface area contributed by atoms with Crippen LogP contribution in [-0.4, -0.2) is 24.8 Å². The molecule has 2 N–H and O–H groups in total. The summed E-state index contributed by atoms with van der Waals surface area (Å²) in [6.45, 7) is 2.49. The van der Waals surface area contributed by atoms with E-state index in [0.29, 0.717) is 18.4 Å². The van der Waals surface area contributed by atoms with Crippen LogP contribution in [0.15, 0.2) is 17.5 Å². The largest absolute Gasteiger partial charge is 0.396 e. The lowest BCUT2D eigenvalue weighted by Gasteiger charge is -2.31. The monoisotopic (exact) mass is 211 g/mol. The summed E-state index contributed by atoms with van der Waals surface area (Å²) >= 11 is 1.85. The van der Waals surface area contributed by atoms with Crippen LogP contribution < -0.4 is 5.32 Å². The number of thiophene rings is 1. The van der Waals surface area contributed by atoms with E-state index in [1.807, 2.05) is 11.3 Å². The molecule has 1 aliphatic rings. The molecule has 1 aromatic rings. The van der Waals surface area contributed by atoms with Gasteiger partial charge in [0.05, 0.1) is 0 Å². The van der Waals surface area contributed by atoms with Gasteiger partial charge in [0, 0.05) is 11.5 Å². The summed E-state index contributed by atoms with van der Waals surface area (Å²) in [7, 11) is 0. The Kier molecular flexibility index (Phi) is 3.56. The highest BCUT2D eigenvalue weighted by Crippen LogP contribution is 2.34. The zero-order chi connectivity index (χ0) is 9.80. The molecule has 1 aliphatic heterocycles. The van der Waals surface area contributed by atoms with Crippen molar-refractivity contribution in [2.75, 3.05) is 19.7 Å². The van der Waals surface area contributed by atoms with E-state index < -0.39 is 0 Å². The van der Waals surface area contributed by atoms with Crippen LogP contribution in [0.3, 0.4) is 0 Å². The summed E-state index contributed by atoms with van der Waals surface area (Å²) in [5.41, 5.74) is 0. The second kappa shape index (κ2) is 4.91. The van der Waals surface area contributed by atoms with Crippen molar-refractivity contribution in [2.45, 2.75) is 18.8 Å². The fraction of sp³-hybridized carbons (Fsp3) is 0.636. The lowest BCUT2D eigenvalue weighted by Crippen LogP contribution is -2.35. The Balaban J connectivity index is 2.06. The van der Waals surface area contributed by atoms with Crippen LogP contribution in [0, 0.1) is 5.92 Å². The van der Waals surface area contributed by atoms with Crippen molar-refractivity contribution in [2.24, 2.45) is 5.92 Å². The van der Waals surface area contributed by atoms with Crippen LogP contribution in [0.5, 0.6) is 0 Å². The first-order chi connectivity index (χ1) is 6.92. The molecular formula is C11H17NOS. The summed E-state index contributed by atoms with van der Waals surface area (Å²) in [6.07, 6.45) is 2.14. The fourth-order valence-electron chi connectivity index (χ4n) is 2.27. The van der Waals surface area contributed by atoms with E-state index in [9.17, 15) is 0 Å². The molecule has 0 spiro atoms. The molecule has 0 radical (unpaired) electrons. The summed E-state index contributed by atoms with van der Waals surface area (Å²) in [5.74, 6) is 1.29. The van der Waals surface area contributed by atoms with Gasteiger partial charge in [-0.2, -0.15) is 0 Å². The van der Waals surface area contributed by atoms with Gasteiger partial charge in [0.1, 0.15) is 0 Å². The molecule has 2 nitrogen and oxygen atoms in total. The molecule has 0 saturated carbocycles. The smallest absolute Gasteiger partial charge is 0.0434 e. The Labute approximate surface area is 89.0 Å². The van der Waals surface area contributed by atoms with Gasteiger partial charge in [0.25, 0.3) is 0 Å². The van der Waals surface area contributed by atoms with Crippen molar-refractivity contribution in [3.63, 3.8) is 0 Å². The summed E-state index contributed by atoms with van der Waals surface area (Å²) in [4.78, 5) is 1.49. The normalized spacial score (nSPS) is 27.8. The van der Waals surface area contributed by atoms with Crippen molar-refractivity contribution < 1.29 is 5.11 Å². The second-order valence-electron chi connectivity index (χ2n) is 3.89. The first-order valence-electron chi connectivity index (χ1n) is 5.27. The SMILES string of the molecule is OCCC1CNCCC1c1cccs1. The molecule has 1 fully saturated rings. The first kappa shape index (κ1) is 10.1. The maximum atomic E-state index is 9.01. The minimum absolute atomic E-state index is 0.314. The average Bonchev–Trinajstić information content (AvgIpc) is 2.72. The zero-order valence-corrected chi connectivity index (χ0v) is 9.09. The predicted molar refractivity (Wildman–Crippen MR) is 59.7 cm³/mol.